The molecule has 1 aliphatic carbocycles. The molecule has 0 radical (unpaired) electrons. The maximum Gasteiger partial charge on any atom is 0.261 e. The average Bonchev–Trinajstić information content (AvgIpc) is 2.79. The molecule has 3 aromatic rings. The van der Waals surface area contributed by atoms with E-state index in [0.29, 0.717) is 12.0 Å². The van der Waals surface area contributed by atoms with Crippen LogP contribution in [0.25, 0.3) is 0 Å². The number of rotatable bonds is 5. The van der Waals surface area contributed by atoms with Gasteiger partial charge in [-0.05, 0) is 52.6 Å². The summed E-state index contributed by atoms with van der Waals surface area (Å²) in [6.45, 7) is 7.11. The molecule has 1 aliphatic rings. The van der Waals surface area contributed by atoms with E-state index in [0.717, 1.165) is 12.8 Å². The Hall–Kier alpha value is -2.16. The Bertz CT molecular complexity index is 868. The lowest BCUT2D eigenvalue weighted by Gasteiger charge is -2.46. The highest BCUT2D eigenvalue weighted by Gasteiger charge is 2.51. The van der Waals surface area contributed by atoms with Crippen molar-refractivity contribution in [3.05, 3.63) is 96.6 Å². The number of hydrogen-bond acceptors (Lipinski definition) is 1. The van der Waals surface area contributed by atoms with Crippen molar-refractivity contribution in [3.8, 4) is 0 Å². The molecule has 156 valence electrons. The van der Waals surface area contributed by atoms with Gasteiger partial charge in [-0.25, -0.2) is 0 Å². The predicted molar refractivity (Wildman–Crippen MR) is 130 cm³/mol. The zero-order chi connectivity index (χ0) is 21.0. The van der Waals surface area contributed by atoms with Gasteiger partial charge in [0.25, 0.3) is 8.32 Å². The van der Waals surface area contributed by atoms with Crippen LogP contribution < -0.4 is 10.4 Å². The topological polar surface area (TPSA) is 9.23 Å². The van der Waals surface area contributed by atoms with Crippen LogP contribution in [0.4, 0.5) is 0 Å². The molecule has 1 nitrogen and oxygen atoms in total. The molecule has 0 aromatic heterocycles. The van der Waals surface area contributed by atoms with Crippen LogP contribution in [0.15, 0.2) is 91.0 Å². The lowest BCUT2D eigenvalue weighted by Crippen LogP contribution is -2.67. The highest BCUT2D eigenvalue weighted by Crippen LogP contribution is 2.41. The van der Waals surface area contributed by atoms with Gasteiger partial charge in [0.05, 0.1) is 0 Å². The first kappa shape index (κ1) is 21.1. The third-order valence-corrected chi connectivity index (χ3v) is 11.8. The first-order valence-corrected chi connectivity index (χ1v) is 13.3. The van der Waals surface area contributed by atoms with Crippen molar-refractivity contribution < 1.29 is 4.43 Å². The molecule has 0 spiro atoms. The summed E-state index contributed by atoms with van der Waals surface area (Å²) in [5.74, 6) is 0.671. The second-order valence-corrected chi connectivity index (χ2v) is 13.9. The summed E-state index contributed by atoms with van der Waals surface area (Å²) >= 11 is 0. The van der Waals surface area contributed by atoms with Crippen LogP contribution in [0, 0.1) is 0 Å². The fourth-order valence-corrected chi connectivity index (χ4v) is 9.93. The van der Waals surface area contributed by atoms with E-state index in [1.165, 1.54) is 28.8 Å². The molecule has 4 rings (SSSR count). The zero-order valence-electron chi connectivity index (χ0n) is 18.6. The highest BCUT2D eigenvalue weighted by atomic mass is 28.4. The molecule has 30 heavy (non-hydrogen) atoms. The van der Waals surface area contributed by atoms with Crippen molar-refractivity contribution in [1.82, 2.24) is 0 Å². The lowest BCUT2D eigenvalue weighted by atomic mass is 9.83. The van der Waals surface area contributed by atoms with Crippen LogP contribution in [0.3, 0.4) is 0 Å². The van der Waals surface area contributed by atoms with E-state index < -0.39 is 8.32 Å². The molecule has 0 heterocycles. The first-order valence-electron chi connectivity index (χ1n) is 11.3. The fourth-order valence-electron chi connectivity index (χ4n) is 5.18. The minimum absolute atomic E-state index is 0.0476. The van der Waals surface area contributed by atoms with Crippen molar-refractivity contribution in [1.29, 1.82) is 0 Å². The standard InChI is InChI=1S/C28H34OSi/c1-28(2,3)30(26-15-9-5-10-16-26,27-17-11-6-12-18-27)29-25-21-19-24(20-22-25)23-13-7-4-8-14-23/h4-18,24-25H,19-22H2,1-3H3/t24-,25+. The molecular formula is C28H34OSi. The molecule has 0 aliphatic heterocycles. The summed E-state index contributed by atoms with van der Waals surface area (Å²) in [5.41, 5.74) is 1.49. The van der Waals surface area contributed by atoms with Crippen molar-refractivity contribution >= 4 is 18.7 Å². The summed E-state index contributed by atoms with van der Waals surface area (Å²) in [7, 11) is -2.44. The predicted octanol–water partition coefficient (Wildman–Crippen LogP) is 6.29. The monoisotopic (exact) mass is 414 g/mol. The molecule has 1 saturated carbocycles. The van der Waals surface area contributed by atoms with Gasteiger partial charge in [-0.3, -0.25) is 0 Å². The third-order valence-electron chi connectivity index (χ3n) is 6.71. The van der Waals surface area contributed by atoms with Crippen LogP contribution >= 0.6 is 0 Å². The van der Waals surface area contributed by atoms with Crippen molar-refractivity contribution in [2.75, 3.05) is 0 Å². The summed E-state index contributed by atoms with van der Waals surface area (Å²) < 4.78 is 7.34. The fraction of sp³-hybridized carbons (Fsp3) is 0.357. The first-order chi connectivity index (χ1) is 14.5. The van der Waals surface area contributed by atoms with Gasteiger partial charge in [-0.1, -0.05) is 112 Å². The van der Waals surface area contributed by atoms with Gasteiger partial charge in [0.1, 0.15) is 0 Å². The minimum atomic E-state index is -2.44. The van der Waals surface area contributed by atoms with Crippen molar-refractivity contribution in [2.45, 2.75) is 63.5 Å². The van der Waals surface area contributed by atoms with Crippen molar-refractivity contribution in [2.24, 2.45) is 0 Å². The van der Waals surface area contributed by atoms with E-state index in [-0.39, 0.29) is 5.04 Å². The number of hydrogen-bond donors (Lipinski definition) is 0. The van der Waals surface area contributed by atoms with Crippen LogP contribution in [0.1, 0.15) is 57.9 Å². The highest BCUT2D eigenvalue weighted by molar-refractivity contribution is 6.99. The normalized spacial score (nSPS) is 20.1. The molecular weight excluding hydrogens is 380 g/mol. The van der Waals surface area contributed by atoms with Crippen LogP contribution in [0.2, 0.25) is 5.04 Å². The second kappa shape index (κ2) is 8.91. The van der Waals surface area contributed by atoms with E-state index in [4.69, 9.17) is 4.43 Å². The van der Waals surface area contributed by atoms with Gasteiger partial charge in [0.2, 0.25) is 0 Å². The van der Waals surface area contributed by atoms with Gasteiger partial charge in [-0.2, -0.15) is 0 Å². The smallest absolute Gasteiger partial charge is 0.261 e. The van der Waals surface area contributed by atoms with Gasteiger partial charge in [-0.15, -0.1) is 0 Å². The number of benzene rings is 3. The quantitative estimate of drug-likeness (QED) is 0.446. The van der Waals surface area contributed by atoms with Crippen LogP contribution in [-0.4, -0.2) is 14.4 Å². The Morgan fingerprint density at radius 1 is 0.633 bits per heavy atom. The zero-order valence-corrected chi connectivity index (χ0v) is 19.6. The average molecular weight is 415 g/mol. The lowest BCUT2D eigenvalue weighted by molar-refractivity contribution is 0.135. The van der Waals surface area contributed by atoms with E-state index >= 15 is 0 Å². The Balaban J connectivity index is 1.65. The van der Waals surface area contributed by atoms with E-state index in [1.807, 2.05) is 0 Å². The molecule has 0 saturated heterocycles. The van der Waals surface area contributed by atoms with E-state index in [1.54, 1.807) is 0 Å². The third kappa shape index (κ3) is 4.17. The van der Waals surface area contributed by atoms with Gasteiger partial charge in [0.15, 0.2) is 0 Å². The molecule has 0 amide bonds. The minimum Gasteiger partial charge on any atom is -0.404 e. The van der Waals surface area contributed by atoms with E-state index in [9.17, 15) is 0 Å². The summed E-state index contributed by atoms with van der Waals surface area (Å²) in [4.78, 5) is 0. The SMILES string of the molecule is CC(C)(C)[Si](O[C@H]1CC[C@@H](c2ccccc2)CC1)(c1ccccc1)c1ccccc1. The van der Waals surface area contributed by atoms with Gasteiger partial charge in [0, 0.05) is 6.10 Å². The summed E-state index contributed by atoms with van der Waals surface area (Å²) in [6.07, 6.45) is 5.05. The molecule has 2 heteroatoms. The maximum absolute atomic E-state index is 7.34. The van der Waals surface area contributed by atoms with Gasteiger partial charge >= 0.3 is 0 Å². The molecule has 3 aromatic carbocycles. The molecule has 0 bridgehead atoms. The Labute approximate surface area is 183 Å². The maximum atomic E-state index is 7.34. The molecule has 0 atom stereocenters. The van der Waals surface area contributed by atoms with E-state index in [2.05, 4.69) is 112 Å². The second-order valence-electron chi connectivity index (χ2n) is 9.67. The molecule has 0 unspecified atom stereocenters. The Kier molecular flexibility index (Phi) is 6.26. The summed E-state index contributed by atoms with van der Waals surface area (Å²) in [6, 6.07) is 33.1. The Morgan fingerprint density at radius 2 is 1.07 bits per heavy atom. The molecule has 1 fully saturated rings. The largest absolute Gasteiger partial charge is 0.404 e. The Morgan fingerprint density at radius 3 is 1.50 bits per heavy atom. The van der Waals surface area contributed by atoms with Crippen LogP contribution in [-0.2, 0) is 4.43 Å². The molecule has 0 N–H and O–H groups in total. The van der Waals surface area contributed by atoms with Crippen LogP contribution in [0.5, 0.6) is 0 Å². The summed E-state index contributed by atoms with van der Waals surface area (Å²) in [5, 5.41) is 2.81. The van der Waals surface area contributed by atoms with Gasteiger partial charge < -0.3 is 4.43 Å². The van der Waals surface area contributed by atoms with Crippen molar-refractivity contribution in [3.63, 3.8) is 0 Å².